The number of hydrogen-bond donors (Lipinski definition) is 1. The summed E-state index contributed by atoms with van der Waals surface area (Å²) in [4.78, 5) is 0. The standard InChI is InChI=1S/C19H31N/c1-19(2,3)13-12-17-14-16(10-11-18(17)20-4)15-8-6-5-7-9-15/h5-9,16-18,20H,10-14H2,1-4H3. The molecule has 1 aromatic rings. The highest BCUT2D eigenvalue weighted by molar-refractivity contribution is 5.20. The van der Waals surface area contributed by atoms with E-state index in [0.29, 0.717) is 5.41 Å². The summed E-state index contributed by atoms with van der Waals surface area (Å²) in [5.74, 6) is 1.60. The average Bonchev–Trinajstić information content (AvgIpc) is 2.45. The van der Waals surface area contributed by atoms with E-state index >= 15 is 0 Å². The highest BCUT2D eigenvalue weighted by Crippen LogP contribution is 2.39. The van der Waals surface area contributed by atoms with Crippen molar-refractivity contribution in [2.75, 3.05) is 7.05 Å². The van der Waals surface area contributed by atoms with Crippen molar-refractivity contribution in [3.05, 3.63) is 35.9 Å². The van der Waals surface area contributed by atoms with Crippen LogP contribution in [0.25, 0.3) is 0 Å². The van der Waals surface area contributed by atoms with E-state index in [1.165, 1.54) is 32.1 Å². The maximum atomic E-state index is 3.56. The van der Waals surface area contributed by atoms with Crippen molar-refractivity contribution >= 4 is 0 Å². The van der Waals surface area contributed by atoms with Crippen LogP contribution < -0.4 is 5.32 Å². The Kier molecular flexibility index (Phi) is 5.26. The summed E-state index contributed by atoms with van der Waals surface area (Å²) >= 11 is 0. The Hall–Kier alpha value is -0.820. The Labute approximate surface area is 125 Å². The van der Waals surface area contributed by atoms with Crippen LogP contribution in [0.3, 0.4) is 0 Å². The molecule has 0 aliphatic heterocycles. The van der Waals surface area contributed by atoms with E-state index in [0.717, 1.165) is 17.9 Å². The molecule has 0 aromatic heterocycles. The van der Waals surface area contributed by atoms with E-state index in [9.17, 15) is 0 Å². The van der Waals surface area contributed by atoms with Crippen LogP contribution >= 0.6 is 0 Å². The Balaban J connectivity index is 2.00. The SMILES string of the molecule is CNC1CCC(c2ccccc2)CC1CCC(C)(C)C. The Morgan fingerprint density at radius 1 is 1.10 bits per heavy atom. The van der Waals surface area contributed by atoms with Gasteiger partial charge in [0.15, 0.2) is 0 Å². The molecular weight excluding hydrogens is 242 g/mol. The van der Waals surface area contributed by atoms with Crippen molar-refractivity contribution in [2.24, 2.45) is 11.3 Å². The molecule has 0 heterocycles. The summed E-state index contributed by atoms with van der Waals surface area (Å²) in [7, 11) is 2.14. The number of hydrogen-bond acceptors (Lipinski definition) is 1. The average molecular weight is 273 g/mol. The van der Waals surface area contributed by atoms with Crippen molar-refractivity contribution in [1.29, 1.82) is 0 Å². The topological polar surface area (TPSA) is 12.0 Å². The maximum absolute atomic E-state index is 3.56. The molecule has 0 radical (unpaired) electrons. The van der Waals surface area contributed by atoms with Gasteiger partial charge in [0.2, 0.25) is 0 Å². The maximum Gasteiger partial charge on any atom is 0.00927 e. The second-order valence-electron chi connectivity index (χ2n) is 7.68. The van der Waals surface area contributed by atoms with Gasteiger partial charge in [-0.25, -0.2) is 0 Å². The summed E-state index contributed by atoms with van der Waals surface area (Å²) in [6.45, 7) is 7.08. The quantitative estimate of drug-likeness (QED) is 0.815. The third-order valence-electron chi connectivity index (χ3n) is 4.89. The molecule has 0 spiro atoms. The van der Waals surface area contributed by atoms with E-state index in [1.807, 2.05) is 0 Å². The van der Waals surface area contributed by atoms with Crippen LogP contribution in [0.2, 0.25) is 0 Å². The molecule has 1 aliphatic carbocycles. The van der Waals surface area contributed by atoms with Crippen molar-refractivity contribution in [1.82, 2.24) is 5.32 Å². The highest BCUT2D eigenvalue weighted by Gasteiger charge is 2.30. The van der Waals surface area contributed by atoms with E-state index < -0.39 is 0 Å². The van der Waals surface area contributed by atoms with Crippen LogP contribution in [-0.4, -0.2) is 13.1 Å². The number of benzene rings is 1. The molecule has 3 atom stereocenters. The zero-order valence-corrected chi connectivity index (χ0v) is 13.7. The summed E-state index contributed by atoms with van der Waals surface area (Å²) in [6, 6.07) is 11.8. The fraction of sp³-hybridized carbons (Fsp3) is 0.684. The molecule has 1 fully saturated rings. The molecule has 0 amide bonds. The lowest BCUT2D eigenvalue weighted by Crippen LogP contribution is -2.38. The van der Waals surface area contributed by atoms with E-state index in [-0.39, 0.29) is 0 Å². The Morgan fingerprint density at radius 3 is 2.40 bits per heavy atom. The minimum Gasteiger partial charge on any atom is -0.317 e. The van der Waals surface area contributed by atoms with Gasteiger partial charge in [-0.15, -0.1) is 0 Å². The molecule has 2 rings (SSSR count). The van der Waals surface area contributed by atoms with Crippen molar-refractivity contribution in [2.45, 2.75) is 64.8 Å². The zero-order valence-electron chi connectivity index (χ0n) is 13.7. The van der Waals surface area contributed by atoms with Crippen LogP contribution in [-0.2, 0) is 0 Å². The minimum atomic E-state index is 0.456. The van der Waals surface area contributed by atoms with Crippen LogP contribution in [0.1, 0.15) is 64.4 Å². The van der Waals surface area contributed by atoms with Gasteiger partial charge in [0.05, 0.1) is 0 Å². The highest BCUT2D eigenvalue weighted by atomic mass is 14.9. The Bertz CT molecular complexity index is 390. The molecule has 112 valence electrons. The summed E-state index contributed by atoms with van der Waals surface area (Å²) in [5, 5.41) is 3.56. The second kappa shape index (κ2) is 6.76. The van der Waals surface area contributed by atoms with Gasteiger partial charge in [0, 0.05) is 6.04 Å². The van der Waals surface area contributed by atoms with Gasteiger partial charge in [-0.05, 0) is 62.0 Å². The molecule has 1 N–H and O–H groups in total. The van der Waals surface area contributed by atoms with Crippen LogP contribution in [0.15, 0.2) is 30.3 Å². The molecular formula is C19H31N. The first-order valence-corrected chi connectivity index (χ1v) is 8.22. The minimum absolute atomic E-state index is 0.456. The van der Waals surface area contributed by atoms with Gasteiger partial charge in [0.1, 0.15) is 0 Å². The fourth-order valence-electron chi connectivity index (χ4n) is 3.61. The smallest absolute Gasteiger partial charge is 0.00927 e. The van der Waals surface area contributed by atoms with Crippen LogP contribution in [0.5, 0.6) is 0 Å². The van der Waals surface area contributed by atoms with E-state index in [2.05, 4.69) is 63.5 Å². The largest absolute Gasteiger partial charge is 0.317 e. The molecule has 1 saturated carbocycles. The molecule has 3 unspecified atom stereocenters. The van der Waals surface area contributed by atoms with Gasteiger partial charge in [-0.3, -0.25) is 0 Å². The van der Waals surface area contributed by atoms with Gasteiger partial charge < -0.3 is 5.32 Å². The Morgan fingerprint density at radius 2 is 1.80 bits per heavy atom. The van der Waals surface area contributed by atoms with Crippen molar-refractivity contribution in [3.63, 3.8) is 0 Å². The van der Waals surface area contributed by atoms with Crippen molar-refractivity contribution < 1.29 is 0 Å². The lowest BCUT2D eigenvalue weighted by molar-refractivity contribution is 0.209. The van der Waals surface area contributed by atoms with Crippen LogP contribution in [0, 0.1) is 11.3 Å². The first-order valence-electron chi connectivity index (χ1n) is 8.22. The lowest BCUT2D eigenvalue weighted by atomic mass is 9.72. The number of rotatable bonds is 4. The third kappa shape index (κ3) is 4.34. The van der Waals surface area contributed by atoms with E-state index in [4.69, 9.17) is 0 Å². The normalized spacial score (nSPS) is 27.5. The first kappa shape index (κ1) is 15.6. The summed E-state index contributed by atoms with van der Waals surface area (Å²) < 4.78 is 0. The molecule has 20 heavy (non-hydrogen) atoms. The molecule has 1 aromatic carbocycles. The van der Waals surface area contributed by atoms with Gasteiger partial charge >= 0.3 is 0 Å². The second-order valence-corrected chi connectivity index (χ2v) is 7.68. The van der Waals surface area contributed by atoms with E-state index in [1.54, 1.807) is 5.56 Å². The van der Waals surface area contributed by atoms with Gasteiger partial charge in [-0.1, -0.05) is 51.1 Å². The van der Waals surface area contributed by atoms with Crippen LogP contribution in [0.4, 0.5) is 0 Å². The molecule has 1 aliphatic rings. The van der Waals surface area contributed by atoms with Gasteiger partial charge in [-0.2, -0.15) is 0 Å². The molecule has 1 heteroatoms. The summed E-state index contributed by atoms with van der Waals surface area (Å²) in [5.41, 5.74) is 2.00. The predicted molar refractivity (Wildman–Crippen MR) is 88.1 cm³/mol. The third-order valence-corrected chi connectivity index (χ3v) is 4.89. The molecule has 0 saturated heterocycles. The lowest BCUT2D eigenvalue weighted by Gasteiger charge is -2.37. The fourth-order valence-corrected chi connectivity index (χ4v) is 3.61. The summed E-state index contributed by atoms with van der Waals surface area (Å²) in [6.07, 6.45) is 6.70. The predicted octanol–water partition coefficient (Wildman–Crippen LogP) is 4.98. The molecule has 0 bridgehead atoms. The monoisotopic (exact) mass is 273 g/mol. The van der Waals surface area contributed by atoms with Crippen molar-refractivity contribution in [3.8, 4) is 0 Å². The van der Waals surface area contributed by atoms with Gasteiger partial charge in [0.25, 0.3) is 0 Å². The molecule has 1 nitrogen and oxygen atoms in total. The number of nitrogens with one attached hydrogen (secondary N) is 1. The zero-order chi connectivity index (χ0) is 14.6. The first-order chi connectivity index (χ1) is 9.49.